The maximum Gasteiger partial charge on any atom is 0.257 e. The lowest BCUT2D eigenvalue weighted by molar-refractivity contribution is -0.118. The number of benzene rings is 1. The minimum atomic E-state index is -0.326. The van der Waals surface area contributed by atoms with Crippen molar-refractivity contribution in [1.82, 2.24) is 4.98 Å². The molecule has 1 aromatic carbocycles. The monoisotopic (exact) mass is 385 g/mol. The quantitative estimate of drug-likeness (QED) is 0.828. The van der Waals surface area contributed by atoms with Crippen LogP contribution in [0.15, 0.2) is 24.3 Å². The number of carbonyl (C=O) groups is 3. The Morgan fingerprint density at radius 3 is 2.63 bits per heavy atom. The predicted molar refractivity (Wildman–Crippen MR) is 106 cm³/mol. The van der Waals surface area contributed by atoms with E-state index >= 15 is 0 Å². The third-order valence-electron chi connectivity index (χ3n) is 4.37. The van der Waals surface area contributed by atoms with Crippen LogP contribution >= 0.6 is 11.3 Å². The van der Waals surface area contributed by atoms with E-state index in [-0.39, 0.29) is 28.9 Å². The number of nitrogens with zero attached hydrogens (tertiary/aromatic N) is 1. The van der Waals surface area contributed by atoms with Gasteiger partial charge in [-0.2, -0.15) is 0 Å². The average Bonchev–Trinajstić information content (AvgIpc) is 2.96. The predicted octanol–water partition coefficient (Wildman–Crippen LogP) is 4.15. The molecule has 7 heteroatoms. The number of aromatic nitrogens is 1. The number of amides is 2. The van der Waals surface area contributed by atoms with Gasteiger partial charge in [-0.1, -0.05) is 45.1 Å². The van der Waals surface area contributed by atoms with Crippen molar-refractivity contribution in [3.05, 3.63) is 40.4 Å². The number of fused-ring (bicyclic) bond motifs is 1. The minimum absolute atomic E-state index is 0.0812. The van der Waals surface area contributed by atoms with Crippen molar-refractivity contribution in [3.63, 3.8) is 0 Å². The summed E-state index contributed by atoms with van der Waals surface area (Å²) in [5, 5.41) is 5.97. The summed E-state index contributed by atoms with van der Waals surface area (Å²) in [6.45, 7) is 7.70. The third-order valence-corrected chi connectivity index (χ3v) is 5.43. The van der Waals surface area contributed by atoms with Crippen molar-refractivity contribution < 1.29 is 14.4 Å². The maximum atomic E-state index is 12.6. The lowest BCUT2D eigenvalue weighted by Gasteiger charge is -2.26. The first-order valence-corrected chi connectivity index (χ1v) is 9.71. The Hall–Kier alpha value is -2.54. The molecular formula is C20H23N3O3S. The summed E-state index contributed by atoms with van der Waals surface area (Å²) in [5.74, 6) is -0.502. The van der Waals surface area contributed by atoms with Crippen LogP contribution in [0.2, 0.25) is 0 Å². The molecule has 0 spiro atoms. The second kappa shape index (κ2) is 7.23. The molecule has 0 aliphatic heterocycles. The first-order chi connectivity index (χ1) is 12.6. The molecule has 0 bridgehead atoms. The van der Waals surface area contributed by atoms with Crippen LogP contribution in [0, 0.1) is 11.3 Å². The summed E-state index contributed by atoms with van der Waals surface area (Å²) < 4.78 is 0. The molecule has 2 aromatic rings. The van der Waals surface area contributed by atoms with Crippen molar-refractivity contribution in [2.75, 3.05) is 10.6 Å². The van der Waals surface area contributed by atoms with E-state index in [2.05, 4.69) is 15.6 Å². The van der Waals surface area contributed by atoms with E-state index in [1.807, 2.05) is 13.8 Å². The molecule has 142 valence electrons. The largest absolute Gasteiger partial charge is 0.326 e. The van der Waals surface area contributed by atoms with Crippen molar-refractivity contribution >= 4 is 39.8 Å². The van der Waals surface area contributed by atoms with Crippen LogP contribution in [-0.2, 0) is 11.2 Å². The van der Waals surface area contributed by atoms with Gasteiger partial charge in [-0.15, -0.1) is 0 Å². The van der Waals surface area contributed by atoms with Gasteiger partial charge in [-0.3, -0.25) is 19.7 Å². The SMILES string of the molecule is CC(C)C(=O)Nc1cccc(C(=O)Nc2nc3c(s2)C(=O)CC(C)(C)C3)c1. The molecular weight excluding hydrogens is 362 g/mol. The van der Waals surface area contributed by atoms with Gasteiger partial charge in [0.2, 0.25) is 5.91 Å². The first-order valence-electron chi connectivity index (χ1n) is 8.90. The number of hydrogen-bond acceptors (Lipinski definition) is 5. The van der Waals surface area contributed by atoms with E-state index < -0.39 is 0 Å². The van der Waals surface area contributed by atoms with Gasteiger partial charge >= 0.3 is 0 Å². The van der Waals surface area contributed by atoms with Crippen LogP contribution in [0.3, 0.4) is 0 Å². The topological polar surface area (TPSA) is 88.2 Å². The highest BCUT2D eigenvalue weighted by Crippen LogP contribution is 2.38. The normalized spacial score (nSPS) is 15.4. The Morgan fingerprint density at radius 2 is 1.93 bits per heavy atom. The first kappa shape index (κ1) is 19.2. The van der Waals surface area contributed by atoms with E-state index in [9.17, 15) is 14.4 Å². The second-order valence-electron chi connectivity index (χ2n) is 7.91. The number of rotatable bonds is 4. The molecule has 1 aliphatic rings. The van der Waals surface area contributed by atoms with Crippen molar-refractivity contribution in [2.24, 2.45) is 11.3 Å². The average molecular weight is 385 g/mol. The van der Waals surface area contributed by atoms with E-state index in [1.165, 1.54) is 11.3 Å². The van der Waals surface area contributed by atoms with E-state index in [1.54, 1.807) is 38.1 Å². The zero-order chi connectivity index (χ0) is 19.8. The molecule has 3 rings (SSSR count). The Labute approximate surface area is 162 Å². The molecule has 0 atom stereocenters. The number of ketones is 1. The molecule has 27 heavy (non-hydrogen) atoms. The molecule has 2 N–H and O–H groups in total. The fraction of sp³-hybridized carbons (Fsp3) is 0.400. The Morgan fingerprint density at radius 1 is 1.19 bits per heavy atom. The number of hydrogen-bond donors (Lipinski definition) is 2. The Kier molecular flexibility index (Phi) is 5.15. The highest BCUT2D eigenvalue weighted by atomic mass is 32.1. The van der Waals surface area contributed by atoms with Crippen LogP contribution in [0.1, 0.15) is 59.8 Å². The van der Waals surface area contributed by atoms with Gasteiger partial charge in [-0.05, 0) is 30.0 Å². The smallest absolute Gasteiger partial charge is 0.257 e. The lowest BCUT2D eigenvalue weighted by atomic mass is 9.78. The zero-order valence-electron chi connectivity index (χ0n) is 15.9. The zero-order valence-corrected chi connectivity index (χ0v) is 16.7. The van der Waals surface area contributed by atoms with Gasteiger partial charge < -0.3 is 5.32 Å². The van der Waals surface area contributed by atoms with Gasteiger partial charge in [0.05, 0.1) is 10.6 Å². The standard InChI is InChI=1S/C20H23N3O3S/c1-11(2)17(25)21-13-7-5-6-12(8-13)18(26)23-19-22-14-9-20(3,4)10-15(24)16(14)27-19/h5-8,11H,9-10H2,1-4H3,(H,21,25)(H,22,23,26). The molecule has 0 radical (unpaired) electrons. The van der Waals surface area contributed by atoms with Crippen molar-refractivity contribution in [2.45, 2.75) is 40.5 Å². The summed E-state index contributed by atoms with van der Waals surface area (Å²) in [5.41, 5.74) is 1.63. The molecule has 2 amide bonds. The van der Waals surface area contributed by atoms with Gasteiger partial charge in [0.25, 0.3) is 5.91 Å². The number of thiazole rings is 1. The number of Topliss-reactive ketones (excluding diaryl/α,β-unsaturated/α-hetero) is 1. The minimum Gasteiger partial charge on any atom is -0.326 e. The van der Waals surface area contributed by atoms with Crippen LogP contribution in [0.25, 0.3) is 0 Å². The maximum absolute atomic E-state index is 12.6. The molecule has 0 fully saturated rings. The molecule has 0 saturated heterocycles. The fourth-order valence-electron chi connectivity index (χ4n) is 2.97. The van der Waals surface area contributed by atoms with E-state index in [0.717, 1.165) is 12.1 Å². The molecule has 1 aliphatic carbocycles. The molecule has 0 unspecified atom stereocenters. The van der Waals surface area contributed by atoms with Crippen LogP contribution in [0.4, 0.5) is 10.8 Å². The summed E-state index contributed by atoms with van der Waals surface area (Å²) in [4.78, 5) is 41.8. The van der Waals surface area contributed by atoms with Gasteiger partial charge in [0.1, 0.15) is 0 Å². The summed E-state index contributed by atoms with van der Waals surface area (Å²) in [6.07, 6.45) is 1.21. The van der Waals surface area contributed by atoms with Crippen LogP contribution in [0.5, 0.6) is 0 Å². The van der Waals surface area contributed by atoms with Gasteiger partial charge in [0, 0.05) is 23.6 Å². The van der Waals surface area contributed by atoms with Crippen LogP contribution < -0.4 is 10.6 Å². The summed E-state index contributed by atoms with van der Waals surface area (Å²) in [6, 6.07) is 6.74. The van der Waals surface area contributed by atoms with Crippen molar-refractivity contribution in [1.29, 1.82) is 0 Å². The molecule has 1 aromatic heterocycles. The Balaban J connectivity index is 1.75. The van der Waals surface area contributed by atoms with Gasteiger partial charge in [0.15, 0.2) is 10.9 Å². The number of anilines is 2. The fourth-order valence-corrected chi connectivity index (χ4v) is 3.88. The van der Waals surface area contributed by atoms with E-state index in [0.29, 0.717) is 27.7 Å². The summed E-state index contributed by atoms with van der Waals surface area (Å²) in [7, 11) is 0. The third kappa shape index (κ3) is 4.42. The van der Waals surface area contributed by atoms with E-state index in [4.69, 9.17) is 0 Å². The second-order valence-corrected chi connectivity index (χ2v) is 8.91. The number of nitrogens with one attached hydrogen (secondary N) is 2. The van der Waals surface area contributed by atoms with Gasteiger partial charge in [-0.25, -0.2) is 4.98 Å². The van der Waals surface area contributed by atoms with Crippen molar-refractivity contribution in [3.8, 4) is 0 Å². The highest BCUT2D eigenvalue weighted by Gasteiger charge is 2.34. The lowest BCUT2D eigenvalue weighted by Crippen LogP contribution is -2.26. The number of carbonyl (C=O) groups excluding carboxylic acids is 3. The molecule has 0 saturated carbocycles. The summed E-state index contributed by atoms with van der Waals surface area (Å²) >= 11 is 1.22. The molecule has 1 heterocycles. The highest BCUT2D eigenvalue weighted by molar-refractivity contribution is 7.17. The van der Waals surface area contributed by atoms with Crippen LogP contribution in [-0.4, -0.2) is 22.6 Å². The Bertz CT molecular complexity index is 915. The molecule has 6 nitrogen and oxygen atoms in total.